The third-order valence-corrected chi connectivity index (χ3v) is 6.55. The van der Waals surface area contributed by atoms with Crippen LogP contribution in [0.3, 0.4) is 0 Å². The molecule has 0 atom stereocenters. The van der Waals surface area contributed by atoms with E-state index in [1.54, 1.807) is 18.4 Å². The van der Waals surface area contributed by atoms with Crippen molar-refractivity contribution in [2.45, 2.75) is 20.8 Å². The van der Waals surface area contributed by atoms with Gasteiger partial charge in [0.25, 0.3) is 0 Å². The highest BCUT2D eigenvalue weighted by Crippen LogP contribution is 2.37. The van der Waals surface area contributed by atoms with Gasteiger partial charge in [0.1, 0.15) is 11.4 Å². The number of aryl methyl sites for hydroxylation is 3. The third kappa shape index (κ3) is 3.19. The molecular formula is C24H22N4OS. The van der Waals surface area contributed by atoms with Crippen molar-refractivity contribution in [3.63, 3.8) is 0 Å². The smallest absolute Gasteiger partial charge is 0.154 e. The molecule has 0 radical (unpaired) electrons. The van der Waals surface area contributed by atoms with Crippen molar-refractivity contribution in [3.8, 4) is 16.3 Å². The van der Waals surface area contributed by atoms with Crippen LogP contribution in [0, 0.1) is 20.8 Å². The molecule has 5 aromatic rings. The first-order valence-corrected chi connectivity index (χ1v) is 10.6. The van der Waals surface area contributed by atoms with Crippen molar-refractivity contribution in [2.75, 3.05) is 12.4 Å². The molecule has 5 nitrogen and oxygen atoms in total. The number of nitrogens with one attached hydrogen (secondary N) is 1. The van der Waals surface area contributed by atoms with Gasteiger partial charge < -0.3 is 10.1 Å². The lowest BCUT2D eigenvalue weighted by atomic mass is 10.1. The monoisotopic (exact) mass is 414 g/mol. The molecule has 150 valence electrons. The number of imidazole rings is 1. The lowest BCUT2D eigenvalue weighted by molar-refractivity contribution is 0.412. The molecule has 30 heavy (non-hydrogen) atoms. The second kappa shape index (κ2) is 7.15. The molecule has 0 amide bonds. The SMILES string of the molecule is COc1cc2sc(-c3cnc4ccc(Nc5ccc(C)c(C)c5)nn34)cc2cc1C. The van der Waals surface area contributed by atoms with Crippen LogP contribution in [0.5, 0.6) is 5.75 Å². The van der Waals surface area contributed by atoms with Gasteiger partial charge in [-0.1, -0.05) is 6.07 Å². The van der Waals surface area contributed by atoms with Gasteiger partial charge in [-0.05, 0) is 85.3 Å². The number of hydrogen-bond acceptors (Lipinski definition) is 5. The van der Waals surface area contributed by atoms with E-state index in [0.29, 0.717) is 0 Å². The first kappa shape index (κ1) is 18.6. The summed E-state index contributed by atoms with van der Waals surface area (Å²) >= 11 is 1.72. The zero-order chi connectivity index (χ0) is 20.8. The number of ether oxygens (including phenoxy) is 1. The number of aromatic nitrogens is 3. The van der Waals surface area contributed by atoms with E-state index in [2.05, 4.69) is 67.5 Å². The minimum atomic E-state index is 0.781. The maximum Gasteiger partial charge on any atom is 0.154 e. The molecule has 0 spiro atoms. The molecule has 0 aliphatic carbocycles. The summed E-state index contributed by atoms with van der Waals surface area (Å²) in [7, 11) is 1.71. The summed E-state index contributed by atoms with van der Waals surface area (Å²) in [6, 6.07) is 16.7. The summed E-state index contributed by atoms with van der Waals surface area (Å²) in [5.41, 5.74) is 6.48. The van der Waals surface area contributed by atoms with E-state index in [-0.39, 0.29) is 0 Å². The third-order valence-electron chi connectivity index (χ3n) is 5.43. The Kier molecular flexibility index (Phi) is 4.44. The van der Waals surface area contributed by atoms with Crippen molar-refractivity contribution >= 4 is 38.6 Å². The Balaban J connectivity index is 1.56. The number of nitrogens with zero attached hydrogens (tertiary/aromatic N) is 3. The minimum absolute atomic E-state index is 0.781. The summed E-state index contributed by atoms with van der Waals surface area (Å²) in [6.45, 7) is 6.29. The molecule has 1 N–H and O–H groups in total. The molecule has 2 aromatic carbocycles. The van der Waals surface area contributed by atoms with Crippen LogP contribution in [-0.2, 0) is 0 Å². The fourth-order valence-electron chi connectivity index (χ4n) is 3.60. The molecular weight excluding hydrogens is 392 g/mol. The Morgan fingerprint density at radius 1 is 0.933 bits per heavy atom. The molecule has 0 fully saturated rings. The number of rotatable bonds is 4. The van der Waals surface area contributed by atoms with E-state index in [1.807, 2.05) is 22.8 Å². The number of anilines is 2. The Morgan fingerprint density at radius 3 is 2.60 bits per heavy atom. The molecule has 0 aliphatic rings. The maximum absolute atomic E-state index is 5.48. The minimum Gasteiger partial charge on any atom is -0.496 e. The van der Waals surface area contributed by atoms with E-state index in [9.17, 15) is 0 Å². The van der Waals surface area contributed by atoms with Gasteiger partial charge in [-0.3, -0.25) is 0 Å². The van der Waals surface area contributed by atoms with Crippen LogP contribution in [0.4, 0.5) is 11.5 Å². The van der Waals surface area contributed by atoms with Gasteiger partial charge in [-0.25, -0.2) is 9.50 Å². The molecule has 0 saturated heterocycles. The summed E-state index contributed by atoms with van der Waals surface area (Å²) < 4.78 is 8.57. The highest BCUT2D eigenvalue weighted by molar-refractivity contribution is 7.22. The molecule has 5 rings (SSSR count). The maximum atomic E-state index is 5.48. The van der Waals surface area contributed by atoms with Gasteiger partial charge in [0.15, 0.2) is 11.5 Å². The molecule has 0 saturated carbocycles. The van der Waals surface area contributed by atoms with Gasteiger partial charge in [0.2, 0.25) is 0 Å². The number of hydrogen-bond donors (Lipinski definition) is 1. The van der Waals surface area contributed by atoms with E-state index in [1.165, 1.54) is 21.2 Å². The van der Waals surface area contributed by atoms with E-state index < -0.39 is 0 Å². The van der Waals surface area contributed by atoms with Crippen LogP contribution in [-0.4, -0.2) is 21.7 Å². The standard InChI is InChI=1S/C24H22N4OS/c1-14-5-6-18(10-15(14)2)26-23-7-8-24-25-13-19(28(24)27-23)22-11-17-9-16(3)20(29-4)12-21(17)30-22/h5-13H,1-4H3,(H,26,27). The average Bonchev–Trinajstić information content (AvgIpc) is 3.33. The summed E-state index contributed by atoms with van der Waals surface area (Å²) in [5.74, 6) is 1.69. The largest absolute Gasteiger partial charge is 0.496 e. The lowest BCUT2D eigenvalue weighted by Crippen LogP contribution is -2.00. The second-order valence-electron chi connectivity index (χ2n) is 7.53. The molecule has 6 heteroatoms. The Hall–Kier alpha value is -3.38. The first-order valence-electron chi connectivity index (χ1n) is 9.79. The Labute approximate surface area is 179 Å². The molecule has 0 unspecified atom stereocenters. The molecule has 0 bridgehead atoms. The number of methoxy groups -OCH3 is 1. The van der Waals surface area contributed by atoms with E-state index in [4.69, 9.17) is 9.84 Å². The number of thiophene rings is 1. The fraction of sp³-hybridized carbons (Fsp3) is 0.167. The first-order chi connectivity index (χ1) is 14.5. The molecule has 0 aliphatic heterocycles. The van der Waals surface area contributed by atoms with Crippen molar-refractivity contribution in [1.82, 2.24) is 14.6 Å². The predicted octanol–water partition coefficient (Wildman–Crippen LogP) is 6.29. The van der Waals surface area contributed by atoms with Crippen LogP contribution >= 0.6 is 11.3 Å². The topological polar surface area (TPSA) is 51.5 Å². The highest BCUT2D eigenvalue weighted by atomic mass is 32.1. The Bertz CT molecular complexity index is 1400. The fourth-order valence-corrected chi connectivity index (χ4v) is 4.67. The summed E-state index contributed by atoms with van der Waals surface area (Å²) in [4.78, 5) is 5.67. The lowest BCUT2D eigenvalue weighted by Gasteiger charge is -2.08. The number of fused-ring (bicyclic) bond motifs is 2. The van der Waals surface area contributed by atoms with Crippen molar-refractivity contribution in [3.05, 3.63) is 71.4 Å². The van der Waals surface area contributed by atoms with Crippen LogP contribution in [0.15, 0.2) is 54.7 Å². The number of benzene rings is 2. The average molecular weight is 415 g/mol. The van der Waals surface area contributed by atoms with Crippen molar-refractivity contribution in [1.29, 1.82) is 0 Å². The van der Waals surface area contributed by atoms with Gasteiger partial charge in [-0.15, -0.1) is 16.4 Å². The van der Waals surface area contributed by atoms with Gasteiger partial charge in [-0.2, -0.15) is 0 Å². The molecule has 3 heterocycles. The van der Waals surface area contributed by atoms with Crippen LogP contribution in [0.1, 0.15) is 16.7 Å². The normalized spacial score (nSPS) is 11.3. The van der Waals surface area contributed by atoms with Crippen LogP contribution in [0.25, 0.3) is 26.3 Å². The van der Waals surface area contributed by atoms with Gasteiger partial charge >= 0.3 is 0 Å². The van der Waals surface area contributed by atoms with E-state index >= 15 is 0 Å². The highest BCUT2D eigenvalue weighted by Gasteiger charge is 2.13. The predicted molar refractivity (Wildman–Crippen MR) is 124 cm³/mol. The van der Waals surface area contributed by atoms with Crippen LogP contribution in [0.2, 0.25) is 0 Å². The Morgan fingerprint density at radius 2 is 1.80 bits per heavy atom. The zero-order valence-electron chi connectivity index (χ0n) is 17.4. The van der Waals surface area contributed by atoms with Gasteiger partial charge in [0, 0.05) is 10.4 Å². The zero-order valence-corrected chi connectivity index (χ0v) is 18.2. The van der Waals surface area contributed by atoms with E-state index in [0.717, 1.165) is 39.0 Å². The second-order valence-corrected chi connectivity index (χ2v) is 8.61. The van der Waals surface area contributed by atoms with Crippen LogP contribution < -0.4 is 10.1 Å². The van der Waals surface area contributed by atoms with Gasteiger partial charge in [0.05, 0.1) is 18.2 Å². The van der Waals surface area contributed by atoms with Crippen molar-refractivity contribution < 1.29 is 4.74 Å². The summed E-state index contributed by atoms with van der Waals surface area (Å²) in [5, 5.41) is 9.42. The quantitative estimate of drug-likeness (QED) is 0.375. The summed E-state index contributed by atoms with van der Waals surface area (Å²) in [6.07, 6.45) is 1.89. The van der Waals surface area contributed by atoms with Crippen molar-refractivity contribution in [2.24, 2.45) is 0 Å². The molecule has 3 aromatic heterocycles.